The molecule has 0 saturated carbocycles. The zero-order chi connectivity index (χ0) is 22.1. The fourth-order valence-corrected chi connectivity index (χ4v) is 1.94. The third-order valence-corrected chi connectivity index (χ3v) is 3.03. The van der Waals surface area contributed by atoms with Crippen LogP contribution in [0.25, 0.3) is 0 Å². The van der Waals surface area contributed by atoms with Gasteiger partial charge in [0.15, 0.2) is 0 Å². The Kier molecular flexibility index (Phi) is 9.69. The molecule has 0 spiro atoms. The predicted octanol–water partition coefficient (Wildman–Crippen LogP) is 3.21. The number of rotatable bonds is 6. The summed E-state index contributed by atoms with van der Waals surface area (Å²) in [5.74, 6) is -1.38. The molecule has 9 heteroatoms. The third-order valence-electron chi connectivity index (χ3n) is 3.03. The molecule has 0 aliphatic rings. The average molecular weight is 401 g/mol. The van der Waals surface area contributed by atoms with Gasteiger partial charge in [0.05, 0.1) is 14.2 Å². The van der Waals surface area contributed by atoms with Crippen molar-refractivity contribution in [3.63, 3.8) is 0 Å². The fraction of sp³-hybridized carbons (Fsp3) is 0.684. The summed E-state index contributed by atoms with van der Waals surface area (Å²) in [6.07, 6.45) is 0.766. The van der Waals surface area contributed by atoms with Gasteiger partial charge in [0.1, 0.15) is 17.2 Å². The number of hydrogen-bond donors (Lipinski definition) is 0. The van der Waals surface area contributed by atoms with Crippen molar-refractivity contribution in [2.24, 2.45) is 0 Å². The van der Waals surface area contributed by atoms with Crippen LogP contribution in [-0.4, -0.2) is 60.5 Å². The van der Waals surface area contributed by atoms with Crippen LogP contribution >= 0.6 is 0 Å². The lowest BCUT2D eigenvalue weighted by molar-refractivity contribution is -0.146. The Balaban J connectivity index is 5.71. The predicted molar refractivity (Wildman–Crippen MR) is 101 cm³/mol. The van der Waals surface area contributed by atoms with Gasteiger partial charge in [0, 0.05) is 6.08 Å². The fourth-order valence-electron chi connectivity index (χ4n) is 1.94. The van der Waals surface area contributed by atoms with Gasteiger partial charge in [-0.15, -0.1) is 0 Å². The number of esters is 2. The van der Waals surface area contributed by atoms with Crippen LogP contribution in [0.4, 0.5) is 9.59 Å². The number of methoxy groups -OCH3 is 2. The lowest BCUT2D eigenvalue weighted by Gasteiger charge is -2.32. The number of nitrogens with zero attached hydrogens (tertiary/aromatic N) is 1. The van der Waals surface area contributed by atoms with Gasteiger partial charge in [-0.2, -0.15) is 4.90 Å². The van der Waals surface area contributed by atoms with Crippen LogP contribution in [0.2, 0.25) is 0 Å². The molecule has 0 radical (unpaired) electrons. The molecule has 0 aromatic heterocycles. The molecule has 0 saturated heterocycles. The van der Waals surface area contributed by atoms with Crippen molar-refractivity contribution in [3.8, 4) is 0 Å². The van der Waals surface area contributed by atoms with Gasteiger partial charge < -0.3 is 18.9 Å². The molecule has 0 rings (SSSR count). The van der Waals surface area contributed by atoms with E-state index in [0.29, 0.717) is 4.90 Å². The molecule has 1 unspecified atom stereocenters. The molecule has 0 aliphatic heterocycles. The maximum atomic E-state index is 12.6. The SMILES string of the molecule is COC(=O)/C=C/CCC(C(=O)OC)N(C(=O)OC(C)(C)C)C(=O)OC(C)(C)C. The Hall–Kier alpha value is -2.58. The normalized spacial score (nSPS) is 12.9. The van der Waals surface area contributed by atoms with Gasteiger partial charge in [-0.1, -0.05) is 6.08 Å². The van der Waals surface area contributed by atoms with Crippen molar-refractivity contribution in [1.82, 2.24) is 4.90 Å². The minimum atomic E-state index is -1.29. The van der Waals surface area contributed by atoms with Crippen molar-refractivity contribution < 1.29 is 38.1 Å². The summed E-state index contributed by atoms with van der Waals surface area (Å²) in [6, 6.07) is -1.29. The van der Waals surface area contributed by atoms with E-state index in [0.717, 1.165) is 7.11 Å². The molecule has 0 fully saturated rings. The van der Waals surface area contributed by atoms with Gasteiger partial charge in [0.25, 0.3) is 0 Å². The van der Waals surface area contributed by atoms with E-state index in [1.165, 1.54) is 19.3 Å². The molecule has 0 bridgehead atoms. The molecule has 0 aromatic rings. The summed E-state index contributed by atoms with van der Waals surface area (Å²) in [5, 5.41) is 0. The molecule has 0 aliphatic carbocycles. The number of hydrogen-bond acceptors (Lipinski definition) is 8. The highest BCUT2D eigenvalue weighted by Crippen LogP contribution is 2.20. The lowest BCUT2D eigenvalue weighted by atomic mass is 10.1. The zero-order valence-corrected chi connectivity index (χ0v) is 17.9. The number of imide groups is 1. The zero-order valence-electron chi connectivity index (χ0n) is 17.9. The first-order valence-electron chi connectivity index (χ1n) is 8.79. The van der Waals surface area contributed by atoms with Crippen molar-refractivity contribution in [2.75, 3.05) is 14.2 Å². The van der Waals surface area contributed by atoms with Crippen molar-refractivity contribution >= 4 is 24.1 Å². The third kappa shape index (κ3) is 9.94. The molecule has 0 aromatic carbocycles. The van der Waals surface area contributed by atoms with E-state index in [2.05, 4.69) is 4.74 Å². The number of carbonyl (C=O) groups is 4. The molecule has 28 heavy (non-hydrogen) atoms. The highest BCUT2D eigenvalue weighted by Gasteiger charge is 2.40. The molecule has 9 nitrogen and oxygen atoms in total. The first kappa shape index (κ1) is 25.4. The van der Waals surface area contributed by atoms with E-state index >= 15 is 0 Å². The second-order valence-electron chi connectivity index (χ2n) is 7.87. The summed E-state index contributed by atoms with van der Waals surface area (Å²) < 4.78 is 19.7. The van der Waals surface area contributed by atoms with E-state index in [-0.39, 0.29) is 12.8 Å². The van der Waals surface area contributed by atoms with Crippen LogP contribution in [0.1, 0.15) is 54.4 Å². The summed E-state index contributed by atoms with van der Waals surface area (Å²) in [6.45, 7) is 9.78. The summed E-state index contributed by atoms with van der Waals surface area (Å²) >= 11 is 0. The summed E-state index contributed by atoms with van der Waals surface area (Å²) in [7, 11) is 2.37. The molecular formula is C19H31NO8. The highest BCUT2D eigenvalue weighted by molar-refractivity contribution is 5.94. The van der Waals surface area contributed by atoms with E-state index in [9.17, 15) is 19.2 Å². The van der Waals surface area contributed by atoms with E-state index < -0.39 is 41.4 Å². The highest BCUT2D eigenvalue weighted by atomic mass is 16.6. The van der Waals surface area contributed by atoms with Crippen LogP contribution in [0.5, 0.6) is 0 Å². The Morgan fingerprint density at radius 2 is 1.32 bits per heavy atom. The number of amides is 2. The quantitative estimate of drug-likeness (QED) is 0.379. The first-order chi connectivity index (χ1) is 12.7. The van der Waals surface area contributed by atoms with Crippen LogP contribution in [0, 0.1) is 0 Å². The summed E-state index contributed by atoms with van der Waals surface area (Å²) in [5.41, 5.74) is -1.80. The van der Waals surface area contributed by atoms with Crippen molar-refractivity contribution in [2.45, 2.75) is 71.6 Å². The van der Waals surface area contributed by atoms with Gasteiger partial charge in [0.2, 0.25) is 0 Å². The van der Waals surface area contributed by atoms with Gasteiger partial charge in [-0.05, 0) is 54.4 Å². The van der Waals surface area contributed by atoms with E-state index in [1.807, 2.05) is 0 Å². The largest absolute Gasteiger partial charge is 0.467 e. The Bertz CT molecular complexity index is 570. The number of carbonyl (C=O) groups excluding carboxylic acids is 4. The number of ether oxygens (including phenoxy) is 4. The minimum absolute atomic E-state index is 0.00134. The van der Waals surface area contributed by atoms with Crippen LogP contribution in [0.3, 0.4) is 0 Å². The van der Waals surface area contributed by atoms with Crippen LogP contribution in [-0.2, 0) is 28.5 Å². The Morgan fingerprint density at radius 1 is 0.857 bits per heavy atom. The lowest BCUT2D eigenvalue weighted by Crippen LogP contribution is -2.52. The smallest absolute Gasteiger partial charge is 0.420 e. The van der Waals surface area contributed by atoms with Crippen molar-refractivity contribution in [1.29, 1.82) is 0 Å². The summed E-state index contributed by atoms with van der Waals surface area (Å²) in [4.78, 5) is 49.3. The Labute approximate surface area is 165 Å². The van der Waals surface area contributed by atoms with Gasteiger partial charge in [-0.25, -0.2) is 19.2 Å². The molecule has 0 heterocycles. The topological polar surface area (TPSA) is 108 Å². The van der Waals surface area contributed by atoms with Crippen molar-refractivity contribution in [3.05, 3.63) is 12.2 Å². The second kappa shape index (κ2) is 10.7. The van der Waals surface area contributed by atoms with Gasteiger partial charge in [-0.3, -0.25) is 0 Å². The Morgan fingerprint density at radius 3 is 1.68 bits per heavy atom. The van der Waals surface area contributed by atoms with Crippen LogP contribution in [0.15, 0.2) is 12.2 Å². The first-order valence-corrected chi connectivity index (χ1v) is 8.79. The number of allylic oxidation sites excluding steroid dienone is 1. The van der Waals surface area contributed by atoms with E-state index in [4.69, 9.17) is 14.2 Å². The van der Waals surface area contributed by atoms with Crippen LogP contribution < -0.4 is 0 Å². The second-order valence-corrected chi connectivity index (χ2v) is 7.87. The molecule has 1 atom stereocenters. The molecule has 160 valence electrons. The molecule has 0 N–H and O–H groups in total. The molecule has 2 amide bonds. The maximum absolute atomic E-state index is 12.6. The maximum Gasteiger partial charge on any atom is 0.420 e. The monoisotopic (exact) mass is 401 g/mol. The molecular weight excluding hydrogens is 370 g/mol. The average Bonchev–Trinajstić information content (AvgIpc) is 2.52. The van der Waals surface area contributed by atoms with E-state index in [1.54, 1.807) is 41.5 Å². The standard InChI is InChI=1S/C19H31NO8/c1-18(2,3)27-16(23)20(17(24)28-19(4,5)6)13(15(22)26-8)11-9-10-12-14(21)25-7/h10,12-13H,9,11H2,1-8H3/b12-10+. The van der Waals surface area contributed by atoms with Gasteiger partial charge >= 0.3 is 24.1 Å². The minimum Gasteiger partial charge on any atom is -0.467 e.